The highest BCUT2D eigenvalue weighted by Gasteiger charge is 2.12. The van der Waals surface area contributed by atoms with Gasteiger partial charge in [0.05, 0.1) is 18.7 Å². The van der Waals surface area contributed by atoms with Crippen LogP contribution in [0.1, 0.15) is 17.0 Å². The Labute approximate surface area is 161 Å². The third-order valence-electron chi connectivity index (χ3n) is 3.52. The van der Waals surface area contributed by atoms with Crippen molar-refractivity contribution in [3.05, 3.63) is 76.7 Å². The van der Waals surface area contributed by atoms with E-state index >= 15 is 0 Å². The van der Waals surface area contributed by atoms with Crippen LogP contribution in [0.25, 0.3) is 0 Å². The number of amides is 1. The van der Waals surface area contributed by atoms with Crippen molar-refractivity contribution in [3.63, 3.8) is 0 Å². The van der Waals surface area contributed by atoms with E-state index in [-0.39, 0.29) is 18.8 Å². The number of carboxylic acid groups (broad SMARTS) is 1. The molecule has 0 bridgehead atoms. The molecule has 2 aromatic heterocycles. The minimum absolute atomic E-state index is 0.131. The molecule has 0 unspecified atom stereocenters. The molecule has 0 saturated carbocycles. The Morgan fingerprint density at radius 3 is 2.63 bits per heavy atom. The zero-order valence-electron chi connectivity index (χ0n) is 14.7. The first-order chi connectivity index (χ1) is 13.0. The Hall–Kier alpha value is -3.19. The molecule has 27 heavy (non-hydrogen) atoms. The molecule has 1 aromatic carbocycles. The summed E-state index contributed by atoms with van der Waals surface area (Å²) in [6, 6.07) is 14.9. The van der Waals surface area contributed by atoms with E-state index in [0.717, 1.165) is 17.0 Å². The number of nitrogens with zero attached hydrogens (tertiary/aromatic N) is 3. The summed E-state index contributed by atoms with van der Waals surface area (Å²) in [5, 5.41) is 14.9. The average Bonchev–Trinajstić information content (AvgIpc) is 2.97. The number of pyridine rings is 1. The molecule has 2 N–H and O–H groups in total. The fourth-order valence-corrected chi connectivity index (χ4v) is 2.60. The Bertz CT molecular complexity index is 897. The number of aromatic nitrogens is 3. The van der Waals surface area contributed by atoms with Crippen LogP contribution < -0.4 is 5.32 Å². The van der Waals surface area contributed by atoms with E-state index in [0.29, 0.717) is 17.4 Å². The highest BCUT2D eigenvalue weighted by atomic mass is 35.5. The number of anilines is 1. The summed E-state index contributed by atoms with van der Waals surface area (Å²) >= 11 is 6.21. The second-order valence-corrected chi connectivity index (χ2v) is 5.98. The lowest BCUT2D eigenvalue weighted by atomic mass is 10.2. The smallest absolute Gasteiger partial charge is 0.290 e. The molecule has 3 aromatic rings. The van der Waals surface area contributed by atoms with Gasteiger partial charge in [-0.1, -0.05) is 35.9 Å². The molecule has 0 saturated heterocycles. The zero-order valence-corrected chi connectivity index (χ0v) is 15.4. The van der Waals surface area contributed by atoms with Gasteiger partial charge in [-0.2, -0.15) is 5.10 Å². The maximum absolute atomic E-state index is 12.2. The number of carbonyl (C=O) groups excluding carboxylic acids is 1. The fourth-order valence-electron chi connectivity index (χ4n) is 2.41. The van der Waals surface area contributed by atoms with Crippen LogP contribution in [0.5, 0.6) is 0 Å². The van der Waals surface area contributed by atoms with Gasteiger partial charge in [-0.05, 0) is 30.7 Å². The Balaban J connectivity index is 0.000000817. The minimum Gasteiger partial charge on any atom is -0.483 e. The molecule has 7 nitrogen and oxygen atoms in total. The average molecular weight is 387 g/mol. The van der Waals surface area contributed by atoms with E-state index in [1.54, 1.807) is 10.9 Å². The topological polar surface area (TPSA) is 97.1 Å². The predicted molar refractivity (Wildman–Crippen MR) is 103 cm³/mol. The largest absolute Gasteiger partial charge is 0.483 e. The van der Waals surface area contributed by atoms with E-state index in [9.17, 15) is 4.79 Å². The summed E-state index contributed by atoms with van der Waals surface area (Å²) < 4.78 is 1.74. The van der Waals surface area contributed by atoms with Gasteiger partial charge in [0.2, 0.25) is 5.91 Å². The van der Waals surface area contributed by atoms with Gasteiger partial charge in [0.25, 0.3) is 6.47 Å². The summed E-state index contributed by atoms with van der Waals surface area (Å²) in [6.45, 7) is 2.13. The van der Waals surface area contributed by atoms with Gasteiger partial charge in [0.15, 0.2) is 0 Å². The number of hydrogen-bond acceptors (Lipinski definition) is 4. The Morgan fingerprint density at radius 2 is 1.96 bits per heavy atom. The summed E-state index contributed by atoms with van der Waals surface area (Å²) in [4.78, 5) is 24.8. The molecule has 140 valence electrons. The van der Waals surface area contributed by atoms with Crippen LogP contribution in [0.3, 0.4) is 0 Å². The van der Waals surface area contributed by atoms with Crippen molar-refractivity contribution >= 4 is 29.8 Å². The van der Waals surface area contributed by atoms with Crippen LogP contribution in [0, 0.1) is 6.92 Å². The van der Waals surface area contributed by atoms with E-state index in [2.05, 4.69) is 15.4 Å². The summed E-state index contributed by atoms with van der Waals surface area (Å²) in [5.41, 5.74) is 2.50. The molecule has 0 radical (unpaired) electrons. The minimum atomic E-state index is -0.250. The van der Waals surface area contributed by atoms with Crippen molar-refractivity contribution in [3.8, 4) is 0 Å². The molecule has 0 spiro atoms. The van der Waals surface area contributed by atoms with Crippen molar-refractivity contribution in [2.75, 3.05) is 5.32 Å². The van der Waals surface area contributed by atoms with Crippen LogP contribution in [0.4, 0.5) is 5.82 Å². The van der Waals surface area contributed by atoms with Crippen molar-refractivity contribution < 1.29 is 14.7 Å². The first-order valence-electron chi connectivity index (χ1n) is 8.09. The fraction of sp³-hybridized carbons (Fsp3) is 0.158. The standard InChI is InChI=1S/C18H17ClN4O.CH2O2/c1-13-10-17(21-18(24)11-15-7-4-5-9-20-15)23(22-13)12-14-6-2-3-8-16(14)19;2-1-3/h2-10H,11-12H2,1H3,(H,21,24);1H,(H,2,3). The monoisotopic (exact) mass is 386 g/mol. The Morgan fingerprint density at radius 1 is 1.26 bits per heavy atom. The summed E-state index contributed by atoms with van der Waals surface area (Å²) in [6.07, 6.45) is 1.89. The maximum atomic E-state index is 12.2. The first kappa shape index (κ1) is 20.1. The van der Waals surface area contributed by atoms with Crippen molar-refractivity contribution in [1.29, 1.82) is 0 Å². The normalized spacial score (nSPS) is 9.85. The van der Waals surface area contributed by atoms with Crippen LogP contribution in [0.15, 0.2) is 54.7 Å². The maximum Gasteiger partial charge on any atom is 0.290 e. The lowest BCUT2D eigenvalue weighted by Gasteiger charge is -2.10. The predicted octanol–water partition coefficient (Wildman–Crippen LogP) is 3.17. The number of carbonyl (C=O) groups is 2. The van der Waals surface area contributed by atoms with E-state index in [1.807, 2.05) is 55.5 Å². The van der Waals surface area contributed by atoms with Gasteiger partial charge in [-0.25, -0.2) is 4.68 Å². The third-order valence-corrected chi connectivity index (χ3v) is 3.88. The highest BCUT2D eigenvalue weighted by molar-refractivity contribution is 6.31. The molecule has 3 rings (SSSR count). The molecule has 2 heterocycles. The van der Waals surface area contributed by atoms with Crippen molar-refractivity contribution in [2.45, 2.75) is 19.9 Å². The quantitative estimate of drug-likeness (QED) is 0.656. The molecular weight excluding hydrogens is 368 g/mol. The van der Waals surface area contributed by atoms with Gasteiger partial charge in [0, 0.05) is 23.0 Å². The number of nitrogens with one attached hydrogen (secondary N) is 1. The van der Waals surface area contributed by atoms with Gasteiger partial charge in [-0.3, -0.25) is 14.6 Å². The number of halogens is 1. The number of hydrogen-bond donors (Lipinski definition) is 2. The summed E-state index contributed by atoms with van der Waals surface area (Å²) in [5.74, 6) is 0.516. The number of aryl methyl sites for hydroxylation is 1. The molecular formula is C19H19ClN4O3. The molecule has 0 fully saturated rings. The van der Waals surface area contributed by atoms with Crippen LogP contribution in [-0.2, 0) is 22.6 Å². The lowest BCUT2D eigenvalue weighted by Crippen LogP contribution is -2.18. The van der Waals surface area contributed by atoms with Crippen molar-refractivity contribution in [2.24, 2.45) is 0 Å². The number of benzene rings is 1. The molecule has 0 aliphatic rings. The molecule has 0 atom stereocenters. The van der Waals surface area contributed by atoms with Crippen molar-refractivity contribution in [1.82, 2.24) is 14.8 Å². The van der Waals surface area contributed by atoms with Crippen LogP contribution in [-0.4, -0.2) is 32.3 Å². The molecule has 8 heteroatoms. The highest BCUT2D eigenvalue weighted by Crippen LogP contribution is 2.19. The van der Waals surface area contributed by atoms with Gasteiger partial charge < -0.3 is 10.4 Å². The molecule has 1 amide bonds. The Kier molecular flexibility index (Phi) is 7.51. The third kappa shape index (κ3) is 6.23. The van der Waals surface area contributed by atoms with Crippen LogP contribution in [0.2, 0.25) is 5.02 Å². The second kappa shape index (κ2) is 10.1. The summed E-state index contributed by atoms with van der Waals surface area (Å²) in [7, 11) is 0. The van der Waals surface area contributed by atoms with Gasteiger partial charge in [-0.15, -0.1) is 0 Å². The number of rotatable bonds is 5. The van der Waals surface area contributed by atoms with Crippen LogP contribution >= 0.6 is 11.6 Å². The van der Waals surface area contributed by atoms with E-state index in [4.69, 9.17) is 21.5 Å². The van der Waals surface area contributed by atoms with E-state index < -0.39 is 0 Å². The van der Waals surface area contributed by atoms with E-state index in [1.165, 1.54) is 0 Å². The molecule has 0 aliphatic carbocycles. The second-order valence-electron chi connectivity index (χ2n) is 5.57. The SMILES string of the molecule is Cc1cc(NC(=O)Cc2ccccn2)n(Cc2ccccc2Cl)n1.O=CO. The van der Waals surface area contributed by atoms with Gasteiger partial charge >= 0.3 is 0 Å². The lowest BCUT2D eigenvalue weighted by molar-refractivity contribution is -0.123. The zero-order chi connectivity index (χ0) is 19.6. The first-order valence-corrected chi connectivity index (χ1v) is 8.46. The molecule has 0 aliphatic heterocycles. The van der Waals surface area contributed by atoms with Gasteiger partial charge in [0.1, 0.15) is 5.82 Å².